The third-order valence-corrected chi connectivity index (χ3v) is 6.78. The number of amides is 1. The van der Waals surface area contributed by atoms with Crippen LogP contribution in [0.15, 0.2) is 78.0 Å². The Labute approximate surface area is 217 Å². The van der Waals surface area contributed by atoms with Gasteiger partial charge >= 0.3 is 6.18 Å². The van der Waals surface area contributed by atoms with Gasteiger partial charge in [0.05, 0.1) is 11.3 Å². The molecule has 0 saturated carbocycles. The van der Waals surface area contributed by atoms with Crippen LogP contribution in [0.25, 0.3) is 11.3 Å². The summed E-state index contributed by atoms with van der Waals surface area (Å²) in [6, 6.07) is 15.0. The summed E-state index contributed by atoms with van der Waals surface area (Å²) in [6.07, 6.45) is -3.30. The zero-order valence-corrected chi connectivity index (χ0v) is 21.3. The molecule has 7 nitrogen and oxygen atoms in total. The van der Waals surface area contributed by atoms with Gasteiger partial charge in [0.25, 0.3) is 15.9 Å². The van der Waals surface area contributed by atoms with E-state index >= 15 is 0 Å². The molecule has 2 aromatic heterocycles. The summed E-state index contributed by atoms with van der Waals surface area (Å²) in [6.45, 7) is 5.48. The first kappa shape index (κ1) is 26.8. The molecule has 196 valence electrons. The van der Waals surface area contributed by atoms with Gasteiger partial charge in [-0.05, 0) is 68.3 Å². The smallest absolute Gasteiger partial charge is 0.416 e. The van der Waals surface area contributed by atoms with E-state index in [9.17, 15) is 26.4 Å². The molecule has 2 heterocycles. The first-order valence-corrected chi connectivity index (χ1v) is 12.8. The number of rotatable bonds is 6. The molecule has 1 amide bonds. The average molecular weight is 542 g/mol. The van der Waals surface area contributed by atoms with Gasteiger partial charge in [-0.1, -0.05) is 35.9 Å². The topological polar surface area (TPSA) is 98.2 Å². The minimum absolute atomic E-state index is 0.0950. The van der Waals surface area contributed by atoms with E-state index in [1.807, 2.05) is 23.8 Å². The summed E-state index contributed by atoms with van der Waals surface area (Å²) in [5, 5.41) is -0.366. The molecule has 11 heteroatoms. The molecule has 0 fully saturated rings. The number of aryl methyl sites for hydroxylation is 3. The maximum atomic E-state index is 13.3. The molecule has 4 rings (SSSR count). The highest BCUT2D eigenvalue weighted by atomic mass is 32.2. The molecule has 0 bridgehead atoms. The van der Waals surface area contributed by atoms with Crippen molar-refractivity contribution in [3.63, 3.8) is 0 Å². The van der Waals surface area contributed by atoms with Crippen molar-refractivity contribution >= 4 is 15.9 Å². The lowest BCUT2D eigenvalue weighted by molar-refractivity contribution is -0.137. The van der Waals surface area contributed by atoms with E-state index in [-0.39, 0.29) is 27.7 Å². The van der Waals surface area contributed by atoms with Gasteiger partial charge in [-0.15, -0.1) is 0 Å². The van der Waals surface area contributed by atoms with Crippen LogP contribution >= 0.6 is 0 Å². The lowest BCUT2D eigenvalue weighted by Crippen LogP contribution is -2.31. The van der Waals surface area contributed by atoms with Gasteiger partial charge in [-0.25, -0.2) is 14.7 Å². The fourth-order valence-corrected chi connectivity index (χ4v) is 4.78. The number of ether oxygens (including phenoxy) is 1. The molecule has 0 aliphatic carbocycles. The monoisotopic (exact) mass is 541 g/mol. The molecule has 0 radical (unpaired) electrons. The van der Waals surface area contributed by atoms with Crippen LogP contribution in [0.2, 0.25) is 0 Å². The summed E-state index contributed by atoms with van der Waals surface area (Å²) in [5.41, 5.74) is 1.54. The molecule has 0 aliphatic heterocycles. The van der Waals surface area contributed by atoms with Gasteiger partial charge in [-0.2, -0.15) is 21.6 Å². The Balaban J connectivity index is 1.80. The van der Waals surface area contributed by atoms with E-state index in [0.717, 1.165) is 28.8 Å². The van der Waals surface area contributed by atoms with Crippen molar-refractivity contribution in [1.29, 1.82) is 0 Å². The number of hydrogen-bond donors (Lipinski definition) is 1. The summed E-state index contributed by atoms with van der Waals surface area (Å²) < 4.78 is 73.2. The number of benzene rings is 2. The number of aromatic nitrogens is 2. The molecular weight excluding hydrogens is 519 g/mol. The number of carbonyl (C=O) groups excluding carboxylic acids is 1. The van der Waals surface area contributed by atoms with Gasteiger partial charge in [0, 0.05) is 11.8 Å². The van der Waals surface area contributed by atoms with E-state index < -0.39 is 27.7 Å². The summed E-state index contributed by atoms with van der Waals surface area (Å²) in [5.74, 6) is -0.939. The molecule has 0 saturated heterocycles. The van der Waals surface area contributed by atoms with Gasteiger partial charge in [0.15, 0.2) is 5.03 Å². The summed E-state index contributed by atoms with van der Waals surface area (Å²) in [7, 11) is -4.32. The van der Waals surface area contributed by atoms with Crippen LogP contribution in [-0.2, 0) is 16.2 Å². The molecule has 38 heavy (non-hydrogen) atoms. The number of alkyl halides is 3. The van der Waals surface area contributed by atoms with E-state index in [4.69, 9.17) is 4.74 Å². The predicted molar refractivity (Wildman–Crippen MR) is 134 cm³/mol. The third-order valence-electron chi connectivity index (χ3n) is 5.53. The molecule has 1 N–H and O–H groups in total. The van der Waals surface area contributed by atoms with Gasteiger partial charge in [0.2, 0.25) is 5.88 Å². The second-order valence-electron chi connectivity index (χ2n) is 8.56. The zero-order valence-electron chi connectivity index (χ0n) is 20.5. The van der Waals surface area contributed by atoms with Crippen molar-refractivity contribution in [2.24, 2.45) is 0 Å². The molecular formula is C27H22F3N3O4S. The Kier molecular flexibility index (Phi) is 7.23. The molecule has 0 atom stereocenters. The Morgan fingerprint density at radius 1 is 0.921 bits per heavy atom. The summed E-state index contributed by atoms with van der Waals surface area (Å²) >= 11 is 0. The summed E-state index contributed by atoms with van der Waals surface area (Å²) in [4.78, 5) is 21.2. The Hall–Kier alpha value is -4.25. The highest BCUT2D eigenvalue weighted by Crippen LogP contribution is 2.35. The maximum absolute atomic E-state index is 13.3. The van der Waals surface area contributed by atoms with Crippen LogP contribution in [0.5, 0.6) is 11.6 Å². The number of pyridine rings is 2. The van der Waals surface area contributed by atoms with E-state index in [1.54, 1.807) is 13.8 Å². The first-order chi connectivity index (χ1) is 17.8. The Bertz CT molecular complexity index is 1600. The van der Waals surface area contributed by atoms with Crippen LogP contribution in [0.1, 0.15) is 32.6 Å². The fraction of sp³-hybridized carbons (Fsp3) is 0.148. The second kappa shape index (κ2) is 10.3. The highest BCUT2D eigenvalue weighted by Gasteiger charge is 2.31. The normalized spacial score (nSPS) is 11.7. The number of nitrogens with zero attached hydrogens (tertiary/aromatic N) is 2. The van der Waals surface area contributed by atoms with Crippen molar-refractivity contribution in [3.05, 3.63) is 101 Å². The van der Waals surface area contributed by atoms with Crippen molar-refractivity contribution in [2.75, 3.05) is 0 Å². The minimum atomic E-state index is -4.56. The third kappa shape index (κ3) is 5.83. The van der Waals surface area contributed by atoms with Crippen molar-refractivity contribution < 1.29 is 31.1 Å². The minimum Gasteiger partial charge on any atom is -0.438 e. The fourth-order valence-electron chi connectivity index (χ4n) is 3.87. The molecule has 0 unspecified atom stereocenters. The van der Waals surface area contributed by atoms with Crippen molar-refractivity contribution in [3.8, 4) is 22.9 Å². The van der Waals surface area contributed by atoms with Crippen molar-refractivity contribution in [1.82, 2.24) is 14.7 Å². The molecule has 4 aromatic rings. The second-order valence-corrected chi connectivity index (χ2v) is 10.2. The van der Waals surface area contributed by atoms with Crippen LogP contribution in [0.3, 0.4) is 0 Å². The lowest BCUT2D eigenvalue weighted by Gasteiger charge is -2.16. The van der Waals surface area contributed by atoms with Gasteiger partial charge in [0.1, 0.15) is 11.3 Å². The maximum Gasteiger partial charge on any atom is 0.416 e. The van der Waals surface area contributed by atoms with Gasteiger partial charge < -0.3 is 4.74 Å². The Morgan fingerprint density at radius 3 is 2.26 bits per heavy atom. The van der Waals surface area contributed by atoms with Crippen LogP contribution < -0.4 is 9.46 Å². The van der Waals surface area contributed by atoms with Gasteiger partial charge in [-0.3, -0.25) is 4.79 Å². The van der Waals surface area contributed by atoms with E-state index in [2.05, 4.69) is 9.97 Å². The van der Waals surface area contributed by atoms with E-state index in [0.29, 0.717) is 5.75 Å². The predicted octanol–water partition coefficient (Wildman–Crippen LogP) is 6.00. The Morgan fingerprint density at radius 2 is 1.63 bits per heavy atom. The van der Waals surface area contributed by atoms with Crippen LogP contribution in [-0.4, -0.2) is 24.3 Å². The average Bonchev–Trinajstić information content (AvgIpc) is 2.86. The van der Waals surface area contributed by atoms with Crippen LogP contribution in [0, 0.1) is 20.8 Å². The zero-order chi connectivity index (χ0) is 27.7. The number of halogens is 3. The highest BCUT2D eigenvalue weighted by molar-refractivity contribution is 7.90. The van der Waals surface area contributed by atoms with E-state index in [1.165, 1.54) is 48.7 Å². The molecule has 2 aromatic carbocycles. The lowest BCUT2D eigenvalue weighted by atomic mass is 10.1. The largest absolute Gasteiger partial charge is 0.438 e. The number of carbonyl (C=O) groups is 1. The quantitative estimate of drug-likeness (QED) is 0.322. The van der Waals surface area contributed by atoms with Crippen molar-refractivity contribution in [2.45, 2.75) is 32.0 Å². The van der Waals surface area contributed by atoms with Crippen LogP contribution in [0.4, 0.5) is 13.2 Å². The molecule has 0 aliphatic rings. The first-order valence-electron chi connectivity index (χ1n) is 11.3. The number of sulfonamides is 1. The molecule has 0 spiro atoms. The number of hydrogen-bond acceptors (Lipinski definition) is 6. The standard InChI is InChI=1S/C27H22F3N3O4S/c1-16-13-17(2)24(18(3)14-16)37-26-21(25(34)33-38(35,36)23-9-4-5-12-31-23)10-11-22(32-26)19-7-6-8-20(15-19)27(28,29)30/h4-15H,1-3H3,(H,33,34). The number of nitrogens with one attached hydrogen (secondary N) is 1. The SMILES string of the molecule is Cc1cc(C)c(Oc2nc(-c3cccc(C(F)(F)F)c3)ccc2C(=O)NS(=O)(=O)c2ccccn2)c(C)c1.